The van der Waals surface area contributed by atoms with E-state index in [2.05, 4.69) is 5.32 Å². The third-order valence-electron chi connectivity index (χ3n) is 5.46. The number of aryl methyl sites for hydroxylation is 1. The molecule has 0 radical (unpaired) electrons. The molecule has 0 aromatic heterocycles. The largest absolute Gasteiger partial charge is 1.00 e. The van der Waals surface area contributed by atoms with Gasteiger partial charge in [0.25, 0.3) is 5.91 Å². The van der Waals surface area contributed by atoms with Crippen molar-refractivity contribution in [2.24, 2.45) is 0 Å². The molecule has 0 saturated carbocycles. The summed E-state index contributed by atoms with van der Waals surface area (Å²) in [4.78, 5) is 24.8. The Hall–Kier alpha value is -2.20. The Morgan fingerprint density at radius 1 is 1.06 bits per heavy atom. The molecule has 0 aliphatic rings. The minimum Gasteiger partial charge on any atom is -1.00 e. The number of aliphatic carboxylic acids is 1. The maximum atomic E-state index is 13.1. The van der Waals surface area contributed by atoms with Crippen molar-refractivity contribution in [3.63, 3.8) is 0 Å². The number of halogens is 1. The number of carbonyl (C=O) groups is 2. The van der Waals surface area contributed by atoms with Crippen LogP contribution in [0.25, 0.3) is 11.1 Å². The van der Waals surface area contributed by atoms with Gasteiger partial charge in [-0.15, -0.1) is 0 Å². The monoisotopic (exact) mass is 505 g/mol. The molecule has 0 aliphatic carbocycles. The first-order valence-corrected chi connectivity index (χ1v) is 12.7. The smallest absolute Gasteiger partial charge is 1.00 e. The third-order valence-corrected chi connectivity index (χ3v) is 6.47. The topological polar surface area (TPSA) is 75.6 Å². The van der Waals surface area contributed by atoms with Gasteiger partial charge in [-0.05, 0) is 71.4 Å². The van der Waals surface area contributed by atoms with Crippen LogP contribution in [-0.2, 0) is 22.7 Å². The molecule has 3 aromatic carbocycles. The van der Waals surface area contributed by atoms with Gasteiger partial charge in [-0.1, -0.05) is 60.1 Å². The molecular weight excluding hydrogens is 477 g/mol. The minimum atomic E-state index is -1.04. The first-order chi connectivity index (χ1) is 16.4. The van der Waals surface area contributed by atoms with Crippen LogP contribution in [0.3, 0.4) is 0 Å². The number of carboxylic acids is 1. The molecule has 180 valence electrons. The number of ether oxygens (including phenoxy) is 1. The third kappa shape index (κ3) is 8.17. The second-order valence-electron chi connectivity index (χ2n) is 7.92. The van der Waals surface area contributed by atoms with E-state index in [1.807, 2.05) is 73.8 Å². The van der Waals surface area contributed by atoms with Gasteiger partial charge in [-0.2, -0.15) is 11.8 Å². The summed E-state index contributed by atoms with van der Waals surface area (Å²) in [7, 11) is 0. The first kappa shape index (κ1) is 29.0. The van der Waals surface area contributed by atoms with Crippen molar-refractivity contribution in [1.29, 1.82) is 0 Å². The Bertz CT molecular complexity index is 1160. The van der Waals surface area contributed by atoms with Crippen LogP contribution >= 0.6 is 23.4 Å². The quantitative estimate of drug-likeness (QED) is 0.392. The molecule has 0 saturated heterocycles. The van der Waals surface area contributed by atoms with Crippen molar-refractivity contribution in [2.45, 2.75) is 32.6 Å². The van der Waals surface area contributed by atoms with E-state index in [1.54, 1.807) is 17.8 Å². The van der Waals surface area contributed by atoms with E-state index in [4.69, 9.17) is 16.3 Å². The van der Waals surface area contributed by atoms with E-state index in [1.165, 1.54) is 0 Å². The van der Waals surface area contributed by atoms with Crippen LogP contribution in [0.2, 0.25) is 5.02 Å². The molecule has 0 bridgehead atoms. The molecule has 0 spiro atoms. The number of nitrogens with one attached hydrogen (secondary N) is 1. The number of hydrogen-bond donors (Lipinski definition) is 2. The molecule has 3 aromatic rings. The average molecular weight is 506 g/mol. The molecule has 1 amide bonds. The number of carbonyl (C=O) groups excluding carboxylic acids is 1. The van der Waals surface area contributed by atoms with Crippen LogP contribution in [0.1, 0.15) is 34.9 Å². The van der Waals surface area contributed by atoms with Crippen LogP contribution in [0.4, 0.5) is 0 Å². The van der Waals surface area contributed by atoms with E-state index < -0.39 is 17.9 Å². The summed E-state index contributed by atoms with van der Waals surface area (Å²) in [5.41, 5.74) is 4.91. The number of carboxylic acid groups (broad SMARTS) is 1. The van der Waals surface area contributed by atoms with E-state index >= 15 is 0 Å². The van der Waals surface area contributed by atoms with Crippen LogP contribution in [-0.4, -0.2) is 35.0 Å². The summed E-state index contributed by atoms with van der Waals surface area (Å²) < 4.78 is 5.88. The van der Waals surface area contributed by atoms with E-state index in [0.29, 0.717) is 36.0 Å². The maximum absolute atomic E-state index is 13.1. The summed E-state index contributed by atoms with van der Waals surface area (Å²) in [5.74, 6) is -0.802. The fourth-order valence-corrected chi connectivity index (χ4v) is 4.26. The average Bonchev–Trinajstić information content (AvgIpc) is 2.83. The van der Waals surface area contributed by atoms with Crippen molar-refractivity contribution in [2.75, 3.05) is 12.0 Å². The summed E-state index contributed by atoms with van der Waals surface area (Å²) in [6.07, 6.45) is 2.26. The number of amides is 1. The molecule has 0 aliphatic heterocycles. The molecule has 5 nitrogen and oxygen atoms in total. The van der Waals surface area contributed by atoms with Crippen LogP contribution in [0.15, 0.2) is 66.7 Å². The zero-order valence-corrected chi connectivity index (χ0v) is 21.8. The van der Waals surface area contributed by atoms with E-state index in [-0.39, 0.29) is 20.3 Å². The van der Waals surface area contributed by atoms with Crippen molar-refractivity contribution in [3.8, 4) is 11.1 Å². The Kier molecular flexibility index (Phi) is 11.9. The van der Waals surface area contributed by atoms with Gasteiger partial charge in [0.15, 0.2) is 0 Å². The van der Waals surface area contributed by atoms with Gasteiger partial charge in [-0.3, -0.25) is 4.79 Å². The Labute approximate surface area is 229 Å². The summed E-state index contributed by atoms with van der Waals surface area (Å²) in [6.45, 7) is 2.70. The molecule has 35 heavy (non-hydrogen) atoms. The van der Waals surface area contributed by atoms with Crippen molar-refractivity contribution in [3.05, 3.63) is 94.0 Å². The Morgan fingerprint density at radius 3 is 2.46 bits per heavy atom. The molecule has 2 N–H and O–H groups in total. The molecule has 1 atom stereocenters. The van der Waals surface area contributed by atoms with Crippen molar-refractivity contribution < 1.29 is 39.7 Å². The minimum absolute atomic E-state index is 0. The van der Waals surface area contributed by atoms with Crippen molar-refractivity contribution in [1.82, 2.24) is 5.32 Å². The van der Waals surface area contributed by atoms with Crippen LogP contribution in [0.5, 0.6) is 0 Å². The number of benzene rings is 3. The predicted octanol–water partition coefficient (Wildman–Crippen LogP) is 3.08. The fraction of sp³-hybridized carbons (Fsp3) is 0.259. The summed E-state index contributed by atoms with van der Waals surface area (Å²) >= 11 is 7.76. The number of thioether (sulfide) groups is 1. The Balaban J connectivity index is 0.00000324. The summed E-state index contributed by atoms with van der Waals surface area (Å²) in [6, 6.07) is 19.9. The second kappa shape index (κ2) is 14.4. The molecular formula is C27H29ClLiNO4S. The SMILES string of the molecule is CSCCC(NC(=O)c1ccc(COCc2ccccc2Cl)cc1-c1ccccc1C)C(=O)O.[H-].[Li+]. The van der Waals surface area contributed by atoms with E-state index in [9.17, 15) is 14.7 Å². The van der Waals surface area contributed by atoms with Gasteiger partial charge in [0.05, 0.1) is 13.2 Å². The van der Waals surface area contributed by atoms with Gasteiger partial charge >= 0.3 is 24.8 Å². The standard InChI is InChI=1S/C27H28ClNO4S.Li.H/c1-18-7-3-5-9-21(18)23-15-19(16-33-17-20-8-4-6-10-24(20)28)11-12-22(23)26(30)29-25(27(31)32)13-14-34-2;;/h3-12,15,25H,13-14,16-17H2,1-2H3,(H,29,30)(H,31,32);;/q;+1;-1. The zero-order chi connectivity index (χ0) is 24.5. The van der Waals surface area contributed by atoms with Gasteiger partial charge in [0, 0.05) is 10.6 Å². The zero-order valence-electron chi connectivity index (χ0n) is 21.2. The first-order valence-electron chi connectivity index (χ1n) is 10.9. The van der Waals surface area contributed by atoms with E-state index in [0.717, 1.165) is 27.8 Å². The van der Waals surface area contributed by atoms with Gasteiger partial charge in [0.2, 0.25) is 0 Å². The molecule has 1 unspecified atom stereocenters. The Morgan fingerprint density at radius 2 is 1.77 bits per heavy atom. The predicted molar refractivity (Wildman–Crippen MR) is 140 cm³/mol. The maximum Gasteiger partial charge on any atom is 1.00 e. The summed E-state index contributed by atoms with van der Waals surface area (Å²) in [5, 5.41) is 12.9. The van der Waals surface area contributed by atoms with Gasteiger partial charge < -0.3 is 16.6 Å². The fourth-order valence-electron chi connectivity index (χ4n) is 3.60. The van der Waals surface area contributed by atoms with Crippen LogP contribution in [0, 0.1) is 6.92 Å². The van der Waals surface area contributed by atoms with Gasteiger partial charge in [-0.25, -0.2) is 4.79 Å². The number of hydrogen-bond acceptors (Lipinski definition) is 4. The molecule has 8 heteroatoms. The molecule has 3 rings (SSSR count). The molecule has 0 fully saturated rings. The number of rotatable bonds is 11. The van der Waals surface area contributed by atoms with Crippen molar-refractivity contribution >= 4 is 35.2 Å². The van der Waals surface area contributed by atoms with Crippen LogP contribution < -0.4 is 24.2 Å². The normalized spacial score (nSPS) is 11.4. The second-order valence-corrected chi connectivity index (χ2v) is 9.32. The van der Waals surface area contributed by atoms with Gasteiger partial charge in [0.1, 0.15) is 6.04 Å². The molecule has 0 heterocycles.